The van der Waals surface area contributed by atoms with E-state index in [1.165, 1.54) is 25.7 Å². The van der Waals surface area contributed by atoms with Crippen molar-refractivity contribution in [2.24, 2.45) is 4.99 Å². The molecule has 0 aromatic carbocycles. The van der Waals surface area contributed by atoms with Gasteiger partial charge in [0.25, 0.3) is 5.91 Å². The van der Waals surface area contributed by atoms with Crippen molar-refractivity contribution in [3.63, 3.8) is 0 Å². The van der Waals surface area contributed by atoms with Gasteiger partial charge in [0.15, 0.2) is 0 Å². The van der Waals surface area contributed by atoms with Gasteiger partial charge in [-0.2, -0.15) is 0 Å². The SMILES string of the molecule is C/C=C\C1=C(/N=C\C)CN(CCCCCCC)C1=O. The summed E-state index contributed by atoms with van der Waals surface area (Å²) in [6.45, 7) is 7.55. The molecular weight excluding hydrogens is 236 g/mol. The summed E-state index contributed by atoms with van der Waals surface area (Å²) in [6, 6.07) is 0. The van der Waals surface area contributed by atoms with Crippen molar-refractivity contribution < 1.29 is 4.79 Å². The van der Waals surface area contributed by atoms with Crippen LogP contribution in [-0.4, -0.2) is 30.1 Å². The van der Waals surface area contributed by atoms with E-state index in [-0.39, 0.29) is 5.91 Å². The minimum Gasteiger partial charge on any atom is -0.333 e. The molecule has 1 aliphatic heterocycles. The summed E-state index contributed by atoms with van der Waals surface area (Å²) in [7, 11) is 0. The highest BCUT2D eigenvalue weighted by Gasteiger charge is 2.27. The fraction of sp³-hybridized carbons (Fsp3) is 0.625. The Morgan fingerprint density at radius 3 is 2.58 bits per heavy atom. The van der Waals surface area contributed by atoms with Crippen molar-refractivity contribution in [3.05, 3.63) is 23.4 Å². The van der Waals surface area contributed by atoms with Gasteiger partial charge in [-0.05, 0) is 20.3 Å². The van der Waals surface area contributed by atoms with Gasteiger partial charge in [0.2, 0.25) is 0 Å². The zero-order valence-electron chi connectivity index (χ0n) is 12.5. The Labute approximate surface area is 117 Å². The molecule has 0 saturated carbocycles. The van der Waals surface area contributed by atoms with Crippen LogP contribution in [0.2, 0.25) is 0 Å². The number of allylic oxidation sites excluding steroid dienone is 1. The number of amides is 1. The van der Waals surface area contributed by atoms with E-state index in [4.69, 9.17) is 0 Å². The van der Waals surface area contributed by atoms with E-state index in [0.29, 0.717) is 6.54 Å². The first-order chi connectivity index (χ1) is 9.24. The van der Waals surface area contributed by atoms with E-state index in [2.05, 4.69) is 11.9 Å². The Hall–Kier alpha value is -1.38. The van der Waals surface area contributed by atoms with E-state index in [9.17, 15) is 4.79 Å². The van der Waals surface area contributed by atoms with Crippen LogP contribution in [0.1, 0.15) is 52.9 Å². The van der Waals surface area contributed by atoms with Crippen LogP contribution in [0.15, 0.2) is 28.4 Å². The summed E-state index contributed by atoms with van der Waals surface area (Å²) in [5.41, 5.74) is 1.66. The van der Waals surface area contributed by atoms with Crippen LogP contribution in [0.5, 0.6) is 0 Å². The van der Waals surface area contributed by atoms with Crippen molar-refractivity contribution >= 4 is 12.1 Å². The predicted octanol–water partition coefficient (Wildman–Crippen LogP) is 3.72. The van der Waals surface area contributed by atoms with Crippen LogP contribution in [0.25, 0.3) is 0 Å². The molecule has 0 aliphatic carbocycles. The molecule has 1 rings (SSSR count). The van der Waals surface area contributed by atoms with E-state index >= 15 is 0 Å². The van der Waals surface area contributed by atoms with E-state index in [1.807, 2.05) is 30.9 Å². The van der Waals surface area contributed by atoms with Crippen molar-refractivity contribution in [1.29, 1.82) is 0 Å². The molecular formula is C16H26N2O. The molecule has 3 heteroatoms. The highest BCUT2D eigenvalue weighted by atomic mass is 16.2. The lowest BCUT2D eigenvalue weighted by Crippen LogP contribution is -2.28. The smallest absolute Gasteiger partial charge is 0.256 e. The van der Waals surface area contributed by atoms with Crippen LogP contribution in [0, 0.1) is 0 Å². The second kappa shape index (κ2) is 8.68. The summed E-state index contributed by atoms with van der Waals surface area (Å²) >= 11 is 0. The van der Waals surface area contributed by atoms with Gasteiger partial charge in [-0.3, -0.25) is 9.79 Å². The quantitative estimate of drug-likeness (QED) is 0.484. The van der Waals surface area contributed by atoms with Crippen LogP contribution in [0.4, 0.5) is 0 Å². The van der Waals surface area contributed by atoms with Crippen molar-refractivity contribution in [2.75, 3.05) is 13.1 Å². The van der Waals surface area contributed by atoms with Gasteiger partial charge in [-0.25, -0.2) is 0 Å². The van der Waals surface area contributed by atoms with Crippen LogP contribution >= 0.6 is 0 Å². The Morgan fingerprint density at radius 2 is 1.95 bits per heavy atom. The molecule has 0 unspecified atom stereocenters. The first-order valence-corrected chi connectivity index (χ1v) is 7.38. The molecule has 0 aromatic rings. The highest BCUT2D eigenvalue weighted by Crippen LogP contribution is 2.22. The minimum absolute atomic E-state index is 0.134. The number of hydrogen-bond acceptors (Lipinski definition) is 2. The monoisotopic (exact) mass is 262 g/mol. The van der Waals surface area contributed by atoms with Crippen molar-refractivity contribution in [2.45, 2.75) is 52.9 Å². The summed E-state index contributed by atoms with van der Waals surface area (Å²) in [6.07, 6.45) is 11.7. The van der Waals surface area contributed by atoms with Gasteiger partial charge in [0.1, 0.15) is 0 Å². The molecule has 0 spiro atoms. The van der Waals surface area contributed by atoms with Crippen molar-refractivity contribution in [1.82, 2.24) is 4.90 Å². The summed E-state index contributed by atoms with van der Waals surface area (Å²) in [5, 5.41) is 0. The fourth-order valence-electron chi connectivity index (χ4n) is 2.32. The average molecular weight is 262 g/mol. The van der Waals surface area contributed by atoms with Gasteiger partial charge in [-0.1, -0.05) is 44.8 Å². The van der Waals surface area contributed by atoms with Gasteiger partial charge >= 0.3 is 0 Å². The Morgan fingerprint density at radius 1 is 1.21 bits per heavy atom. The minimum atomic E-state index is 0.134. The van der Waals surface area contributed by atoms with Crippen LogP contribution < -0.4 is 0 Å². The Balaban J connectivity index is 2.50. The lowest BCUT2D eigenvalue weighted by atomic mass is 10.1. The summed E-state index contributed by atoms with van der Waals surface area (Å²) in [4.78, 5) is 18.5. The van der Waals surface area contributed by atoms with Crippen LogP contribution in [-0.2, 0) is 4.79 Å². The van der Waals surface area contributed by atoms with E-state index in [1.54, 1.807) is 6.21 Å². The maximum absolute atomic E-state index is 12.2. The molecule has 1 amide bonds. The number of carbonyl (C=O) groups excluding carboxylic acids is 1. The maximum Gasteiger partial charge on any atom is 0.256 e. The standard InChI is InChI=1S/C16H26N2O/c1-4-7-8-9-10-12-18-13-15(17-6-3)14(11-5-2)16(18)19/h5-6,11H,4,7-10,12-13H2,1-3H3/b11-5-,17-6-. The molecule has 0 saturated heterocycles. The predicted molar refractivity (Wildman–Crippen MR) is 81.3 cm³/mol. The summed E-state index contributed by atoms with van der Waals surface area (Å²) < 4.78 is 0. The molecule has 0 N–H and O–H groups in total. The molecule has 0 bridgehead atoms. The van der Waals surface area contributed by atoms with Gasteiger partial charge in [0, 0.05) is 12.8 Å². The van der Waals surface area contributed by atoms with Gasteiger partial charge in [0.05, 0.1) is 17.8 Å². The molecule has 1 heterocycles. The number of hydrogen-bond donors (Lipinski definition) is 0. The fourth-order valence-corrected chi connectivity index (χ4v) is 2.32. The van der Waals surface area contributed by atoms with E-state index in [0.717, 1.165) is 24.2 Å². The normalized spacial score (nSPS) is 16.6. The first kappa shape index (κ1) is 15.7. The second-order valence-electron chi connectivity index (χ2n) is 4.89. The van der Waals surface area contributed by atoms with E-state index < -0.39 is 0 Å². The molecule has 0 radical (unpaired) electrons. The highest BCUT2D eigenvalue weighted by molar-refractivity contribution is 5.99. The zero-order chi connectivity index (χ0) is 14.1. The van der Waals surface area contributed by atoms with Crippen LogP contribution in [0.3, 0.4) is 0 Å². The Bertz CT molecular complexity index is 380. The topological polar surface area (TPSA) is 32.7 Å². The molecule has 0 atom stereocenters. The number of carbonyl (C=O) groups is 1. The first-order valence-electron chi connectivity index (χ1n) is 7.38. The number of rotatable bonds is 8. The number of aliphatic imine (C=N–C) groups is 1. The second-order valence-corrected chi connectivity index (χ2v) is 4.89. The summed E-state index contributed by atoms with van der Waals surface area (Å²) in [5.74, 6) is 0.134. The zero-order valence-corrected chi connectivity index (χ0v) is 12.5. The largest absolute Gasteiger partial charge is 0.333 e. The van der Waals surface area contributed by atoms with Gasteiger partial charge < -0.3 is 4.90 Å². The molecule has 19 heavy (non-hydrogen) atoms. The number of nitrogens with zero attached hydrogens (tertiary/aromatic N) is 2. The molecule has 0 fully saturated rings. The lowest BCUT2D eigenvalue weighted by Gasteiger charge is -2.15. The third kappa shape index (κ3) is 4.66. The molecule has 1 aliphatic rings. The third-order valence-corrected chi connectivity index (χ3v) is 3.32. The molecule has 3 nitrogen and oxygen atoms in total. The Kier molecular flexibility index (Phi) is 7.16. The maximum atomic E-state index is 12.2. The number of unbranched alkanes of at least 4 members (excludes halogenated alkanes) is 4. The average Bonchev–Trinajstić information content (AvgIpc) is 2.68. The molecule has 0 aromatic heterocycles. The lowest BCUT2D eigenvalue weighted by molar-refractivity contribution is -0.125. The molecule has 106 valence electrons. The third-order valence-electron chi connectivity index (χ3n) is 3.32. The van der Waals surface area contributed by atoms with Gasteiger partial charge in [-0.15, -0.1) is 0 Å². The van der Waals surface area contributed by atoms with Crippen molar-refractivity contribution in [3.8, 4) is 0 Å².